The first-order valence-electron chi connectivity index (χ1n) is 7.02. The van der Waals surface area contributed by atoms with Gasteiger partial charge >= 0.3 is 0 Å². The number of rotatable bonds is 5. The van der Waals surface area contributed by atoms with E-state index in [4.69, 9.17) is 4.74 Å². The Kier molecular flexibility index (Phi) is 4.82. The molecule has 0 aliphatic carbocycles. The molecule has 1 aromatic rings. The van der Waals surface area contributed by atoms with E-state index in [-0.39, 0.29) is 5.60 Å². The summed E-state index contributed by atoms with van der Waals surface area (Å²) >= 11 is 1.78. The zero-order valence-corrected chi connectivity index (χ0v) is 12.6. The fourth-order valence-corrected chi connectivity index (χ4v) is 3.42. The van der Waals surface area contributed by atoms with Crippen molar-refractivity contribution in [3.8, 4) is 0 Å². The highest BCUT2D eigenvalue weighted by atomic mass is 32.1. The number of hydrogen-bond donors (Lipinski definition) is 1. The molecule has 0 saturated carbocycles. The Morgan fingerprint density at radius 1 is 1.61 bits per heavy atom. The SMILES string of the molecule is CCC1(C)CC(NC(C)Cc2ccsc2)CCO1. The molecule has 2 nitrogen and oxygen atoms in total. The van der Waals surface area contributed by atoms with E-state index in [0.717, 1.165) is 32.3 Å². The van der Waals surface area contributed by atoms with Gasteiger partial charge in [0.2, 0.25) is 0 Å². The molecule has 1 saturated heterocycles. The second-order valence-electron chi connectivity index (χ2n) is 5.75. The standard InChI is InChI=1S/C15H25NOS/c1-4-15(3)10-14(5-7-17-15)16-12(2)9-13-6-8-18-11-13/h6,8,11-12,14,16H,4-5,7,9-10H2,1-3H3. The van der Waals surface area contributed by atoms with E-state index in [1.807, 2.05) is 0 Å². The molecule has 18 heavy (non-hydrogen) atoms. The Balaban J connectivity index is 1.81. The van der Waals surface area contributed by atoms with Gasteiger partial charge in [-0.1, -0.05) is 6.92 Å². The number of hydrogen-bond acceptors (Lipinski definition) is 3. The van der Waals surface area contributed by atoms with Crippen molar-refractivity contribution in [1.82, 2.24) is 5.32 Å². The summed E-state index contributed by atoms with van der Waals surface area (Å²) in [6.07, 6.45) is 4.51. The Morgan fingerprint density at radius 3 is 3.11 bits per heavy atom. The van der Waals surface area contributed by atoms with Crippen LogP contribution < -0.4 is 5.32 Å². The third kappa shape index (κ3) is 3.81. The maximum absolute atomic E-state index is 5.89. The van der Waals surface area contributed by atoms with Crippen molar-refractivity contribution >= 4 is 11.3 Å². The lowest BCUT2D eigenvalue weighted by Crippen LogP contribution is -2.48. The third-order valence-corrected chi connectivity index (χ3v) is 4.72. The van der Waals surface area contributed by atoms with Gasteiger partial charge in [-0.15, -0.1) is 0 Å². The summed E-state index contributed by atoms with van der Waals surface area (Å²) < 4.78 is 5.89. The van der Waals surface area contributed by atoms with E-state index < -0.39 is 0 Å². The minimum atomic E-state index is 0.0814. The molecule has 1 aliphatic heterocycles. The first-order valence-corrected chi connectivity index (χ1v) is 7.96. The van der Waals surface area contributed by atoms with Crippen LogP contribution in [0, 0.1) is 0 Å². The molecular weight excluding hydrogens is 242 g/mol. The summed E-state index contributed by atoms with van der Waals surface area (Å²) in [5.74, 6) is 0. The van der Waals surface area contributed by atoms with Gasteiger partial charge in [-0.3, -0.25) is 0 Å². The topological polar surface area (TPSA) is 21.3 Å². The lowest BCUT2D eigenvalue weighted by atomic mass is 9.89. The molecular formula is C15H25NOS. The van der Waals surface area contributed by atoms with Gasteiger partial charge in [-0.05, 0) is 61.9 Å². The second kappa shape index (κ2) is 6.18. The molecule has 1 aliphatic rings. The Hall–Kier alpha value is -0.380. The van der Waals surface area contributed by atoms with E-state index in [1.165, 1.54) is 5.56 Å². The van der Waals surface area contributed by atoms with Gasteiger partial charge in [0.25, 0.3) is 0 Å². The average molecular weight is 267 g/mol. The lowest BCUT2D eigenvalue weighted by Gasteiger charge is -2.39. The summed E-state index contributed by atoms with van der Waals surface area (Å²) in [6.45, 7) is 7.64. The first-order chi connectivity index (χ1) is 8.61. The quantitative estimate of drug-likeness (QED) is 0.880. The van der Waals surface area contributed by atoms with Crippen molar-refractivity contribution < 1.29 is 4.74 Å². The highest BCUT2D eigenvalue weighted by Gasteiger charge is 2.31. The fraction of sp³-hybridized carbons (Fsp3) is 0.733. The molecule has 0 radical (unpaired) electrons. The molecule has 0 aromatic carbocycles. The maximum Gasteiger partial charge on any atom is 0.0666 e. The predicted molar refractivity (Wildman–Crippen MR) is 78.3 cm³/mol. The number of nitrogens with one attached hydrogen (secondary N) is 1. The van der Waals surface area contributed by atoms with Gasteiger partial charge in [-0.25, -0.2) is 0 Å². The molecule has 0 bridgehead atoms. The number of thiophene rings is 1. The van der Waals surface area contributed by atoms with Gasteiger partial charge in [-0.2, -0.15) is 11.3 Å². The van der Waals surface area contributed by atoms with Crippen LogP contribution in [0.4, 0.5) is 0 Å². The van der Waals surface area contributed by atoms with Crippen molar-refractivity contribution in [2.45, 2.75) is 64.1 Å². The Morgan fingerprint density at radius 2 is 2.44 bits per heavy atom. The number of ether oxygens (including phenoxy) is 1. The Bertz CT molecular complexity index is 351. The van der Waals surface area contributed by atoms with Gasteiger partial charge in [0.05, 0.1) is 5.60 Å². The Labute approximate surface area is 115 Å². The maximum atomic E-state index is 5.89. The van der Waals surface area contributed by atoms with Gasteiger partial charge in [0.1, 0.15) is 0 Å². The highest BCUT2D eigenvalue weighted by molar-refractivity contribution is 7.07. The first kappa shape index (κ1) is 14.0. The minimum absolute atomic E-state index is 0.0814. The molecule has 3 atom stereocenters. The molecule has 2 rings (SSSR count). The molecule has 1 aromatic heterocycles. The zero-order chi connectivity index (χ0) is 13.0. The molecule has 1 N–H and O–H groups in total. The van der Waals surface area contributed by atoms with E-state index in [9.17, 15) is 0 Å². The minimum Gasteiger partial charge on any atom is -0.375 e. The lowest BCUT2D eigenvalue weighted by molar-refractivity contribution is -0.0788. The van der Waals surface area contributed by atoms with Crippen molar-refractivity contribution in [2.75, 3.05) is 6.61 Å². The largest absolute Gasteiger partial charge is 0.375 e. The van der Waals surface area contributed by atoms with Crippen LogP contribution in [0.2, 0.25) is 0 Å². The highest BCUT2D eigenvalue weighted by Crippen LogP contribution is 2.28. The molecule has 3 unspecified atom stereocenters. The van der Waals surface area contributed by atoms with Crippen LogP contribution in [-0.2, 0) is 11.2 Å². The molecule has 0 spiro atoms. The third-order valence-electron chi connectivity index (χ3n) is 3.99. The van der Waals surface area contributed by atoms with E-state index in [2.05, 4.69) is 42.9 Å². The summed E-state index contributed by atoms with van der Waals surface area (Å²) in [5, 5.41) is 8.18. The molecule has 3 heteroatoms. The van der Waals surface area contributed by atoms with E-state index in [0.29, 0.717) is 12.1 Å². The van der Waals surface area contributed by atoms with E-state index >= 15 is 0 Å². The van der Waals surface area contributed by atoms with Crippen LogP contribution in [0.5, 0.6) is 0 Å². The predicted octanol–water partition coefficient (Wildman–Crippen LogP) is 3.62. The van der Waals surface area contributed by atoms with Gasteiger partial charge < -0.3 is 10.1 Å². The van der Waals surface area contributed by atoms with Crippen molar-refractivity contribution in [1.29, 1.82) is 0 Å². The van der Waals surface area contributed by atoms with Crippen molar-refractivity contribution in [3.05, 3.63) is 22.4 Å². The molecule has 102 valence electrons. The van der Waals surface area contributed by atoms with Gasteiger partial charge in [0, 0.05) is 18.7 Å². The summed E-state index contributed by atoms with van der Waals surface area (Å²) in [4.78, 5) is 0. The summed E-state index contributed by atoms with van der Waals surface area (Å²) in [6, 6.07) is 3.38. The molecule has 2 heterocycles. The average Bonchev–Trinajstić information content (AvgIpc) is 2.81. The molecule has 1 fully saturated rings. The smallest absolute Gasteiger partial charge is 0.0666 e. The van der Waals surface area contributed by atoms with Gasteiger partial charge in [0.15, 0.2) is 0 Å². The summed E-state index contributed by atoms with van der Waals surface area (Å²) in [5.41, 5.74) is 1.53. The fourth-order valence-electron chi connectivity index (χ4n) is 2.74. The van der Waals surface area contributed by atoms with Crippen LogP contribution in [0.3, 0.4) is 0 Å². The normalized spacial score (nSPS) is 30.3. The summed E-state index contributed by atoms with van der Waals surface area (Å²) in [7, 11) is 0. The van der Waals surface area contributed by atoms with Crippen molar-refractivity contribution in [3.63, 3.8) is 0 Å². The van der Waals surface area contributed by atoms with Crippen LogP contribution >= 0.6 is 11.3 Å². The molecule has 0 amide bonds. The van der Waals surface area contributed by atoms with Crippen LogP contribution in [0.25, 0.3) is 0 Å². The second-order valence-corrected chi connectivity index (χ2v) is 6.53. The van der Waals surface area contributed by atoms with Crippen molar-refractivity contribution in [2.24, 2.45) is 0 Å². The van der Waals surface area contributed by atoms with E-state index in [1.54, 1.807) is 11.3 Å². The monoisotopic (exact) mass is 267 g/mol. The van der Waals surface area contributed by atoms with Crippen LogP contribution in [0.1, 0.15) is 45.6 Å². The van der Waals surface area contributed by atoms with Crippen LogP contribution in [0.15, 0.2) is 16.8 Å². The van der Waals surface area contributed by atoms with Crippen LogP contribution in [-0.4, -0.2) is 24.3 Å². The zero-order valence-electron chi connectivity index (χ0n) is 11.7.